The molecule has 12 nitrogen and oxygen atoms in total. The number of carbonyl (C=O) groups excluding carboxylic acids is 3. The molecular weight excluding hydrogens is 506 g/mol. The summed E-state index contributed by atoms with van der Waals surface area (Å²) in [6.07, 6.45) is 0.919. The van der Waals surface area contributed by atoms with E-state index in [2.05, 4.69) is 15.2 Å². The first-order valence-corrected chi connectivity index (χ1v) is 14.0. The molecule has 1 saturated carbocycles. The van der Waals surface area contributed by atoms with E-state index in [1.54, 1.807) is 17.3 Å². The summed E-state index contributed by atoms with van der Waals surface area (Å²) >= 11 is 0. The van der Waals surface area contributed by atoms with E-state index in [9.17, 15) is 24.6 Å². The highest BCUT2D eigenvalue weighted by Gasteiger charge is 2.47. The summed E-state index contributed by atoms with van der Waals surface area (Å²) in [6.45, 7) is 2.53. The molecule has 212 valence electrons. The second-order valence-electron chi connectivity index (χ2n) is 11.5. The minimum Gasteiger partial charge on any atom is -0.388 e. The van der Waals surface area contributed by atoms with Gasteiger partial charge in [0.25, 0.3) is 0 Å². The van der Waals surface area contributed by atoms with E-state index in [1.807, 2.05) is 17.0 Å². The Kier molecular flexibility index (Phi) is 7.56. The smallest absolute Gasteiger partial charge is 0.240 e. The van der Waals surface area contributed by atoms with Crippen molar-refractivity contribution in [1.82, 2.24) is 25.0 Å². The molecule has 0 aromatic carbocycles. The number of aromatic nitrogens is 1. The van der Waals surface area contributed by atoms with Gasteiger partial charge in [0.1, 0.15) is 18.3 Å². The second kappa shape index (κ2) is 11.1. The van der Waals surface area contributed by atoms with E-state index < -0.39 is 30.5 Å². The number of likely N-dealkylation sites (tertiary alicyclic amines) is 1. The number of morpholine rings is 1. The Balaban J connectivity index is 1.26. The van der Waals surface area contributed by atoms with Crippen molar-refractivity contribution in [3.05, 3.63) is 30.1 Å². The molecule has 1 aromatic heterocycles. The molecule has 5 aliphatic rings. The van der Waals surface area contributed by atoms with E-state index in [0.717, 1.165) is 18.4 Å². The first-order valence-electron chi connectivity index (χ1n) is 14.0. The summed E-state index contributed by atoms with van der Waals surface area (Å²) in [5, 5.41) is 24.4. The third-order valence-electron chi connectivity index (χ3n) is 8.52. The van der Waals surface area contributed by atoms with Crippen LogP contribution in [0.3, 0.4) is 0 Å². The zero-order valence-electron chi connectivity index (χ0n) is 21.9. The number of aliphatic hydroxyl groups excluding tert-OH is 2. The Morgan fingerprint density at radius 2 is 1.92 bits per heavy atom. The van der Waals surface area contributed by atoms with Crippen LogP contribution < -0.4 is 5.32 Å². The van der Waals surface area contributed by atoms with E-state index in [1.165, 1.54) is 0 Å². The fourth-order valence-electron chi connectivity index (χ4n) is 6.33. The molecule has 1 aromatic rings. The number of hydrogen-bond donors (Lipinski definition) is 3. The standard InChI is InChI=1S/C27H37N5O7/c33-23-9-21-24(34)25(35)22(39-21)15-32(26(36)17-3-4-17)14-19-13-30(6-7-38-19)27(37)20-8-18(29-23)12-31(20)11-16-2-1-5-28-10-16/h1-2,5,10,17-22,24-25,34-35H,3-4,6-9,11-15H2,(H,29,33)/t18-,19-,20-,21-,22+,24-,25+/m0/s1. The van der Waals surface area contributed by atoms with Crippen LogP contribution in [0, 0.1) is 5.92 Å². The lowest BCUT2D eigenvalue weighted by molar-refractivity contribution is -0.147. The minimum absolute atomic E-state index is 0.00894. The van der Waals surface area contributed by atoms with Gasteiger partial charge in [-0.1, -0.05) is 6.07 Å². The van der Waals surface area contributed by atoms with Gasteiger partial charge in [-0.15, -0.1) is 0 Å². The Labute approximate surface area is 227 Å². The van der Waals surface area contributed by atoms with Gasteiger partial charge in [0.15, 0.2) is 0 Å². The summed E-state index contributed by atoms with van der Waals surface area (Å²) in [6, 6.07) is 3.15. The maximum absolute atomic E-state index is 13.9. The number of carbonyl (C=O) groups is 3. The highest BCUT2D eigenvalue weighted by atomic mass is 16.5. The van der Waals surface area contributed by atoms with Crippen LogP contribution in [0.1, 0.15) is 31.2 Å². The molecule has 0 unspecified atom stereocenters. The number of pyridine rings is 1. The van der Waals surface area contributed by atoms with Gasteiger partial charge in [-0.3, -0.25) is 24.3 Å². The third kappa shape index (κ3) is 5.80. The van der Waals surface area contributed by atoms with Crippen LogP contribution in [0.5, 0.6) is 0 Å². The minimum atomic E-state index is -1.24. The van der Waals surface area contributed by atoms with Gasteiger partial charge in [-0.2, -0.15) is 0 Å². The molecule has 5 heterocycles. The first kappa shape index (κ1) is 26.6. The summed E-state index contributed by atoms with van der Waals surface area (Å²) < 4.78 is 12.0. The molecule has 39 heavy (non-hydrogen) atoms. The van der Waals surface area contributed by atoms with Crippen molar-refractivity contribution in [3.63, 3.8) is 0 Å². The van der Waals surface area contributed by atoms with Crippen LogP contribution in [0.15, 0.2) is 24.5 Å². The lowest BCUT2D eigenvalue weighted by atomic mass is 10.0. The normalized spacial score (nSPS) is 36.2. The van der Waals surface area contributed by atoms with Crippen molar-refractivity contribution in [1.29, 1.82) is 0 Å². The van der Waals surface area contributed by atoms with Gasteiger partial charge in [0.2, 0.25) is 17.7 Å². The summed E-state index contributed by atoms with van der Waals surface area (Å²) in [5.74, 6) is -0.407. The molecule has 6 rings (SSSR count). The third-order valence-corrected chi connectivity index (χ3v) is 8.52. The van der Waals surface area contributed by atoms with Crippen molar-refractivity contribution < 1.29 is 34.1 Å². The van der Waals surface area contributed by atoms with Gasteiger partial charge in [-0.25, -0.2) is 0 Å². The molecule has 4 saturated heterocycles. The fraction of sp³-hybridized carbons (Fsp3) is 0.704. The zero-order chi connectivity index (χ0) is 27.1. The average Bonchev–Trinajstić information content (AvgIpc) is 3.66. The number of rotatable bonds is 3. The number of aliphatic hydroxyl groups is 2. The van der Waals surface area contributed by atoms with Crippen LogP contribution in [0.4, 0.5) is 0 Å². The van der Waals surface area contributed by atoms with Crippen molar-refractivity contribution in [2.45, 2.75) is 74.8 Å². The molecule has 4 aliphatic heterocycles. The van der Waals surface area contributed by atoms with Gasteiger partial charge >= 0.3 is 0 Å². The summed E-state index contributed by atoms with van der Waals surface area (Å²) in [4.78, 5) is 49.8. The maximum atomic E-state index is 13.9. The molecule has 6 bridgehead atoms. The Bertz CT molecular complexity index is 1070. The second-order valence-corrected chi connectivity index (χ2v) is 11.5. The van der Waals surface area contributed by atoms with Crippen molar-refractivity contribution >= 4 is 17.7 Å². The van der Waals surface area contributed by atoms with Gasteiger partial charge in [-0.05, 0) is 30.9 Å². The Morgan fingerprint density at radius 3 is 2.69 bits per heavy atom. The molecule has 3 amide bonds. The lowest BCUT2D eigenvalue weighted by Gasteiger charge is -2.38. The molecular formula is C27H37N5O7. The van der Waals surface area contributed by atoms with E-state index in [0.29, 0.717) is 39.2 Å². The topological polar surface area (TPSA) is 145 Å². The van der Waals surface area contributed by atoms with Gasteiger partial charge in [0.05, 0.1) is 31.3 Å². The SMILES string of the molecule is O=C1C[C@@H]2O[C@H](CN(C(=O)C3CC3)C[C@@H]3CN(CCO3)C(=O)[C@@H]3C[C@@H](CN3Cc3cccnc3)N1)[C@@H](O)[C@H]2O. The van der Waals surface area contributed by atoms with Crippen LogP contribution >= 0.6 is 0 Å². The predicted octanol–water partition coefficient (Wildman–Crippen LogP) is -1.50. The molecule has 7 atom stereocenters. The molecule has 5 fully saturated rings. The lowest BCUT2D eigenvalue weighted by Crippen LogP contribution is -2.55. The Morgan fingerprint density at radius 1 is 1.10 bits per heavy atom. The van der Waals surface area contributed by atoms with Crippen LogP contribution in [0.2, 0.25) is 0 Å². The number of amides is 3. The largest absolute Gasteiger partial charge is 0.388 e. The number of hydrogen-bond acceptors (Lipinski definition) is 9. The monoisotopic (exact) mass is 543 g/mol. The molecule has 3 N–H and O–H groups in total. The maximum Gasteiger partial charge on any atom is 0.240 e. The van der Waals surface area contributed by atoms with E-state index >= 15 is 0 Å². The number of nitrogens with zero attached hydrogens (tertiary/aromatic N) is 4. The summed E-state index contributed by atoms with van der Waals surface area (Å²) in [7, 11) is 0. The van der Waals surface area contributed by atoms with Crippen molar-refractivity contribution in [2.24, 2.45) is 5.92 Å². The quantitative estimate of drug-likeness (QED) is 0.415. The molecule has 12 heteroatoms. The summed E-state index contributed by atoms with van der Waals surface area (Å²) in [5.41, 5.74) is 0.977. The van der Waals surface area contributed by atoms with E-state index in [-0.39, 0.29) is 55.3 Å². The fourth-order valence-corrected chi connectivity index (χ4v) is 6.33. The molecule has 1 aliphatic carbocycles. The number of fused-ring (bicyclic) bond motifs is 6. The van der Waals surface area contributed by atoms with Gasteiger partial charge < -0.3 is 34.8 Å². The first-order chi connectivity index (χ1) is 18.9. The van der Waals surface area contributed by atoms with Gasteiger partial charge in [0, 0.05) is 63.6 Å². The molecule has 0 radical (unpaired) electrons. The molecule has 0 spiro atoms. The highest BCUT2D eigenvalue weighted by molar-refractivity contribution is 5.83. The van der Waals surface area contributed by atoms with Crippen molar-refractivity contribution in [2.75, 3.05) is 39.3 Å². The number of nitrogens with one attached hydrogen (secondary N) is 1. The zero-order valence-corrected chi connectivity index (χ0v) is 21.9. The number of ether oxygens (including phenoxy) is 2. The predicted molar refractivity (Wildman–Crippen MR) is 136 cm³/mol. The van der Waals surface area contributed by atoms with E-state index in [4.69, 9.17) is 9.47 Å². The Hall–Kier alpha value is -2.64. The van der Waals surface area contributed by atoms with Crippen LogP contribution in [-0.4, -0.2) is 130 Å². The van der Waals surface area contributed by atoms with Crippen molar-refractivity contribution in [3.8, 4) is 0 Å². The van der Waals surface area contributed by atoms with Crippen LogP contribution in [-0.2, 0) is 30.4 Å². The average molecular weight is 544 g/mol. The highest BCUT2D eigenvalue weighted by Crippen LogP contribution is 2.33. The van der Waals surface area contributed by atoms with Crippen LogP contribution in [0.25, 0.3) is 0 Å².